The molecule has 1 saturated carbocycles. The molecule has 1 fully saturated rings. The largest absolute Gasteiger partial charge is 0.256 e. The number of pyridine rings is 1. The number of allylic oxidation sites excluding steroid dienone is 1. The van der Waals surface area contributed by atoms with Crippen molar-refractivity contribution in [2.45, 2.75) is 19.3 Å². The standard InChI is InChI=1S/C11H11N/c1-7-4-10-9-5-8(9)2-3-11(10)12-6-7/h2-4,6,8-9H,5H2,1H3. The third-order valence-electron chi connectivity index (χ3n) is 2.83. The van der Waals surface area contributed by atoms with E-state index in [2.05, 4.69) is 30.1 Å². The van der Waals surface area contributed by atoms with Crippen LogP contribution < -0.4 is 0 Å². The van der Waals surface area contributed by atoms with Crippen molar-refractivity contribution in [3.63, 3.8) is 0 Å². The molecule has 0 spiro atoms. The lowest BCUT2D eigenvalue weighted by Crippen LogP contribution is -1.96. The van der Waals surface area contributed by atoms with E-state index in [1.165, 1.54) is 23.2 Å². The molecule has 60 valence electrons. The smallest absolute Gasteiger partial charge is 0.0661 e. The number of nitrogens with zero attached hydrogens (tertiary/aromatic N) is 1. The van der Waals surface area contributed by atoms with Crippen LogP contribution in [0, 0.1) is 12.8 Å². The highest BCUT2D eigenvalue weighted by molar-refractivity contribution is 5.57. The molecule has 0 aliphatic heterocycles. The maximum Gasteiger partial charge on any atom is 0.0661 e. The van der Waals surface area contributed by atoms with Gasteiger partial charge in [-0.3, -0.25) is 4.98 Å². The Morgan fingerprint density at radius 3 is 3.33 bits per heavy atom. The van der Waals surface area contributed by atoms with Crippen LogP contribution in [-0.4, -0.2) is 4.98 Å². The molecule has 1 nitrogen and oxygen atoms in total. The third kappa shape index (κ3) is 0.765. The minimum absolute atomic E-state index is 0.803. The van der Waals surface area contributed by atoms with E-state index in [1.54, 1.807) is 0 Å². The molecule has 2 aliphatic carbocycles. The molecule has 12 heavy (non-hydrogen) atoms. The Kier molecular flexibility index (Phi) is 1.06. The summed E-state index contributed by atoms with van der Waals surface area (Å²) < 4.78 is 0. The lowest BCUT2D eigenvalue weighted by molar-refractivity contribution is 0.969. The minimum Gasteiger partial charge on any atom is -0.256 e. The van der Waals surface area contributed by atoms with Crippen LogP contribution in [0.5, 0.6) is 0 Å². The minimum atomic E-state index is 0.803. The number of hydrogen-bond acceptors (Lipinski definition) is 1. The number of hydrogen-bond donors (Lipinski definition) is 0. The molecule has 1 aromatic heterocycles. The molecule has 0 saturated heterocycles. The van der Waals surface area contributed by atoms with Gasteiger partial charge in [0.15, 0.2) is 0 Å². The Morgan fingerprint density at radius 1 is 1.50 bits per heavy atom. The highest BCUT2D eigenvalue weighted by Gasteiger charge is 2.39. The molecule has 0 aromatic carbocycles. The van der Waals surface area contributed by atoms with Crippen LogP contribution in [0.1, 0.15) is 29.2 Å². The fraction of sp³-hybridized carbons (Fsp3) is 0.364. The molecule has 1 aromatic rings. The SMILES string of the molecule is Cc1cnc2c(c1)C1CC1C=C2. The van der Waals surface area contributed by atoms with Crippen LogP contribution >= 0.6 is 0 Å². The Balaban J connectivity index is 2.22. The van der Waals surface area contributed by atoms with E-state index in [9.17, 15) is 0 Å². The molecule has 2 aliphatic rings. The van der Waals surface area contributed by atoms with E-state index in [0.29, 0.717) is 0 Å². The lowest BCUT2D eigenvalue weighted by atomic mass is 10.0. The predicted octanol–water partition coefficient (Wildman–Crippen LogP) is 2.52. The van der Waals surface area contributed by atoms with Gasteiger partial charge in [0.25, 0.3) is 0 Å². The van der Waals surface area contributed by atoms with Gasteiger partial charge in [0.2, 0.25) is 0 Å². The van der Waals surface area contributed by atoms with Gasteiger partial charge in [-0.25, -0.2) is 0 Å². The van der Waals surface area contributed by atoms with Crippen LogP contribution in [-0.2, 0) is 0 Å². The van der Waals surface area contributed by atoms with Gasteiger partial charge in [-0.15, -0.1) is 0 Å². The predicted molar refractivity (Wildman–Crippen MR) is 48.9 cm³/mol. The molecule has 1 heteroatoms. The molecule has 2 unspecified atom stereocenters. The van der Waals surface area contributed by atoms with Crippen molar-refractivity contribution in [2.75, 3.05) is 0 Å². The summed E-state index contributed by atoms with van der Waals surface area (Å²) in [4.78, 5) is 4.41. The van der Waals surface area contributed by atoms with Gasteiger partial charge in [0.05, 0.1) is 5.69 Å². The molecular weight excluding hydrogens is 146 g/mol. The van der Waals surface area contributed by atoms with Crippen LogP contribution in [0.3, 0.4) is 0 Å². The van der Waals surface area contributed by atoms with Gasteiger partial charge in [-0.05, 0) is 42.4 Å². The fourth-order valence-corrected chi connectivity index (χ4v) is 2.04. The summed E-state index contributed by atoms with van der Waals surface area (Å²) in [6.07, 6.45) is 7.76. The van der Waals surface area contributed by atoms with Crippen molar-refractivity contribution in [3.05, 3.63) is 35.2 Å². The molecule has 0 N–H and O–H groups in total. The summed E-state index contributed by atoms with van der Waals surface area (Å²) >= 11 is 0. The van der Waals surface area contributed by atoms with Crippen molar-refractivity contribution < 1.29 is 0 Å². The molecule has 3 rings (SSSR count). The second-order valence-corrected chi connectivity index (χ2v) is 3.85. The maximum atomic E-state index is 4.41. The molecule has 2 atom stereocenters. The van der Waals surface area contributed by atoms with E-state index in [-0.39, 0.29) is 0 Å². The molecule has 0 amide bonds. The van der Waals surface area contributed by atoms with Gasteiger partial charge in [-0.1, -0.05) is 12.1 Å². The normalized spacial score (nSPS) is 29.4. The van der Waals surface area contributed by atoms with Crippen LogP contribution in [0.15, 0.2) is 18.3 Å². The quantitative estimate of drug-likeness (QED) is 0.564. The fourth-order valence-electron chi connectivity index (χ4n) is 2.04. The highest BCUT2D eigenvalue weighted by Crippen LogP contribution is 2.52. The van der Waals surface area contributed by atoms with E-state index >= 15 is 0 Å². The summed E-state index contributed by atoms with van der Waals surface area (Å²) in [5.41, 5.74) is 3.96. The van der Waals surface area contributed by atoms with Gasteiger partial charge in [0, 0.05) is 6.20 Å². The molecular formula is C11H11N. The summed E-state index contributed by atoms with van der Waals surface area (Å²) in [5.74, 6) is 1.64. The Morgan fingerprint density at radius 2 is 2.42 bits per heavy atom. The first-order valence-corrected chi connectivity index (χ1v) is 4.49. The average Bonchev–Trinajstić information content (AvgIpc) is 2.82. The van der Waals surface area contributed by atoms with E-state index in [1.807, 2.05) is 6.20 Å². The van der Waals surface area contributed by atoms with Gasteiger partial charge in [-0.2, -0.15) is 0 Å². The van der Waals surface area contributed by atoms with Gasteiger partial charge >= 0.3 is 0 Å². The molecule has 1 heterocycles. The summed E-state index contributed by atoms with van der Waals surface area (Å²) in [7, 11) is 0. The Labute approximate surface area is 72.1 Å². The first-order chi connectivity index (χ1) is 5.84. The number of rotatable bonds is 0. The third-order valence-corrected chi connectivity index (χ3v) is 2.83. The van der Waals surface area contributed by atoms with E-state index in [4.69, 9.17) is 0 Å². The number of aromatic nitrogens is 1. The zero-order chi connectivity index (χ0) is 8.13. The van der Waals surface area contributed by atoms with Crippen molar-refractivity contribution in [3.8, 4) is 0 Å². The number of aryl methyl sites for hydroxylation is 1. The highest BCUT2D eigenvalue weighted by atomic mass is 14.7. The van der Waals surface area contributed by atoms with Gasteiger partial charge in [0.1, 0.15) is 0 Å². The van der Waals surface area contributed by atoms with E-state index in [0.717, 1.165) is 11.8 Å². The van der Waals surface area contributed by atoms with Crippen molar-refractivity contribution >= 4 is 6.08 Å². The number of fused-ring (bicyclic) bond motifs is 3. The Hall–Kier alpha value is -1.11. The van der Waals surface area contributed by atoms with Crippen LogP contribution in [0.25, 0.3) is 6.08 Å². The zero-order valence-electron chi connectivity index (χ0n) is 7.12. The maximum absolute atomic E-state index is 4.41. The van der Waals surface area contributed by atoms with Crippen molar-refractivity contribution in [1.82, 2.24) is 4.98 Å². The molecule has 0 bridgehead atoms. The van der Waals surface area contributed by atoms with Crippen LogP contribution in [0.2, 0.25) is 0 Å². The van der Waals surface area contributed by atoms with Gasteiger partial charge < -0.3 is 0 Å². The zero-order valence-corrected chi connectivity index (χ0v) is 7.12. The van der Waals surface area contributed by atoms with E-state index < -0.39 is 0 Å². The first kappa shape index (κ1) is 6.41. The molecule has 0 radical (unpaired) electrons. The lowest BCUT2D eigenvalue weighted by Gasteiger charge is -2.08. The second kappa shape index (κ2) is 1.98. The summed E-state index contributed by atoms with van der Waals surface area (Å²) in [5, 5.41) is 0. The van der Waals surface area contributed by atoms with Crippen molar-refractivity contribution in [1.29, 1.82) is 0 Å². The second-order valence-electron chi connectivity index (χ2n) is 3.85. The monoisotopic (exact) mass is 157 g/mol. The Bertz CT molecular complexity index is 365. The summed E-state index contributed by atoms with van der Waals surface area (Å²) in [6.45, 7) is 2.11. The van der Waals surface area contributed by atoms with Crippen molar-refractivity contribution in [2.24, 2.45) is 5.92 Å². The average molecular weight is 157 g/mol. The summed E-state index contributed by atoms with van der Waals surface area (Å²) in [6, 6.07) is 2.29. The van der Waals surface area contributed by atoms with Crippen LogP contribution in [0.4, 0.5) is 0 Å². The topological polar surface area (TPSA) is 12.9 Å². The first-order valence-electron chi connectivity index (χ1n) is 4.49.